The summed E-state index contributed by atoms with van der Waals surface area (Å²) < 4.78 is 0. The highest BCUT2D eigenvalue weighted by molar-refractivity contribution is 6.04. The minimum Gasteiger partial charge on any atom is -0.350 e. The first-order valence-electron chi connectivity index (χ1n) is 8.41. The Balaban J connectivity index is 1.85. The molecule has 138 valence electrons. The zero-order valence-corrected chi connectivity index (χ0v) is 15.0. The van der Waals surface area contributed by atoms with Crippen LogP contribution in [0.3, 0.4) is 0 Å². The first-order chi connectivity index (χ1) is 13.0. The van der Waals surface area contributed by atoms with Gasteiger partial charge in [-0.05, 0) is 38.1 Å². The van der Waals surface area contributed by atoms with Gasteiger partial charge < -0.3 is 20.9 Å². The van der Waals surface area contributed by atoms with Crippen molar-refractivity contribution in [1.29, 1.82) is 0 Å². The number of rotatable bonds is 6. The number of aromatic nitrogens is 3. The SMILES string of the molecule is C=CC(=O)Nc1cccc(Nc2cnc3[nH]cc(C(=O)NC(C)C)c3n2)c1. The summed E-state index contributed by atoms with van der Waals surface area (Å²) in [6.07, 6.45) is 4.37. The predicted octanol–water partition coefficient (Wildman–Crippen LogP) is 2.96. The molecule has 3 aromatic rings. The molecule has 4 N–H and O–H groups in total. The number of carbonyl (C=O) groups excluding carboxylic acids is 2. The van der Waals surface area contributed by atoms with Gasteiger partial charge in [-0.25, -0.2) is 9.97 Å². The van der Waals surface area contributed by atoms with Crippen LogP contribution in [0.4, 0.5) is 17.2 Å². The van der Waals surface area contributed by atoms with Crippen LogP contribution in [0, 0.1) is 0 Å². The number of H-pyrrole nitrogens is 1. The first-order valence-corrected chi connectivity index (χ1v) is 8.41. The maximum Gasteiger partial charge on any atom is 0.255 e. The van der Waals surface area contributed by atoms with Crippen LogP contribution in [0.1, 0.15) is 24.2 Å². The molecule has 0 spiro atoms. The number of benzene rings is 1. The Labute approximate surface area is 156 Å². The van der Waals surface area contributed by atoms with E-state index in [0.717, 1.165) is 0 Å². The van der Waals surface area contributed by atoms with Crippen LogP contribution >= 0.6 is 0 Å². The molecule has 0 aliphatic rings. The predicted molar refractivity (Wildman–Crippen MR) is 105 cm³/mol. The number of hydrogen-bond donors (Lipinski definition) is 4. The second-order valence-corrected chi connectivity index (χ2v) is 6.18. The number of fused-ring (bicyclic) bond motifs is 1. The highest BCUT2D eigenvalue weighted by Crippen LogP contribution is 2.21. The smallest absolute Gasteiger partial charge is 0.255 e. The fraction of sp³-hybridized carbons (Fsp3) is 0.158. The van der Waals surface area contributed by atoms with Crippen molar-refractivity contribution in [3.8, 4) is 0 Å². The Hall–Kier alpha value is -3.68. The molecule has 0 atom stereocenters. The lowest BCUT2D eigenvalue weighted by Gasteiger charge is -2.09. The van der Waals surface area contributed by atoms with E-state index in [4.69, 9.17) is 0 Å². The molecule has 0 unspecified atom stereocenters. The summed E-state index contributed by atoms with van der Waals surface area (Å²) in [5.74, 6) is -0.0220. The Morgan fingerprint density at radius 3 is 2.78 bits per heavy atom. The minimum atomic E-state index is -0.290. The lowest BCUT2D eigenvalue weighted by Crippen LogP contribution is -2.29. The molecule has 2 aromatic heterocycles. The van der Waals surface area contributed by atoms with E-state index in [9.17, 15) is 9.59 Å². The summed E-state index contributed by atoms with van der Waals surface area (Å²) >= 11 is 0. The molecule has 3 rings (SSSR count). The Morgan fingerprint density at radius 1 is 1.26 bits per heavy atom. The van der Waals surface area contributed by atoms with Crippen molar-refractivity contribution >= 4 is 40.2 Å². The van der Waals surface area contributed by atoms with Gasteiger partial charge in [0.1, 0.15) is 11.3 Å². The Morgan fingerprint density at radius 2 is 2.04 bits per heavy atom. The van der Waals surface area contributed by atoms with E-state index < -0.39 is 0 Å². The van der Waals surface area contributed by atoms with Gasteiger partial charge in [0.15, 0.2) is 5.65 Å². The first kappa shape index (κ1) is 18.1. The molecule has 0 saturated carbocycles. The van der Waals surface area contributed by atoms with Gasteiger partial charge in [0.05, 0.1) is 11.8 Å². The third kappa shape index (κ3) is 4.30. The number of aromatic amines is 1. The lowest BCUT2D eigenvalue weighted by atomic mass is 10.2. The molecule has 0 aliphatic heterocycles. The summed E-state index contributed by atoms with van der Waals surface area (Å²) in [6.45, 7) is 7.21. The Bertz CT molecular complexity index is 1010. The summed E-state index contributed by atoms with van der Waals surface area (Å²) in [5, 5.41) is 8.66. The van der Waals surface area contributed by atoms with E-state index in [1.54, 1.807) is 30.6 Å². The lowest BCUT2D eigenvalue weighted by molar-refractivity contribution is -0.111. The largest absolute Gasteiger partial charge is 0.350 e. The third-order valence-corrected chi connectivity index (χ3v) is 3.63. The van der Waals surface area contributed by atoms with Crippen LogP contribution in [0.25, 0.3) is 11.2 Å². The molecular weight excluding hydrogens is 344 g/mol. The second-order valence-electron chi connectivity index (χ2n) is 6.18. The zero-order valence-electron chi connectivity index (χ0n) is 15.0. The topological polar surface area (TPSA) is 112 Å². The van der Waals surface area contributed by atoms with Crippen molar-refractivity contribution in [2.24, 2.45) is 0 Å². The van der Waals surface area contributed by atoms with Crippen LogP contribution < -0.4 is 16.0 Å². The van der Waals surface area contributed by atoms with Gasteiger partial charge in [0.25, 0.3) is 5.91 Å². The number of amides is 2. The molecule has 0 aliphatic carbocycles. The van der Waals surface area contributed by atoms with E-state index in [0.29, 0.717) is 33.9 Å². The van der Waals surface area contributed by atoms with Crippen LogP contribution in [-0.4, -0.2) is 32.8 Å². The summed E-state index contributed by atoms with van der Waals surface area (Å²) in [5.41, 5.74) is 2.78. The molecule has 8 heteroatoms. The van der Waals surface area contributed by atoms with Gasteiger partial charge in [0, 0.05) is 23.6 Å². The van der Waals surface area contributed by atoms with Crippen LogP contribution in [0.15, 0.2) is 49.3 Å². The number of nitrogens with zero attached hydrogens (tertiary/aromatic N) is 2. The quantitative estimate of drug-likeness (QED) is 0.503. The number of hydrogen-bond acceptors (Lipinski definition) is 5. The fourth-order valence-electron chi connectivity index (χ4n) is 2.48. The Kier molecular flexibility index (Phi) is 5.16. The van der Waals surface area contributed by atoms with Gasteiger partial charge in [-0.3, -0.25) is 9.59 Å². The molecule has 0 radical (unpaired) electrons. The molecule has 8 nitrogen and oxygen atoms in total. The number of carbonyl (C=O) groups is 2. The molecule has 1 aromatic carbocycles. The average Bonchev–Trinajstić information content (AvgIpc) is 3.04. The van der Waals surface area contributed by atoms with Crippen LogP contribution in [-0.2, 0) is 4.79 Å². The van der Waals surface area contributed by atoms with Crippen molar-refractivity contribution in [2.75, 3.05) is 10.6 Å². The molecular formula is C19H20N6O2. The standard InChI is InChI=1S/C19H20N6O2/c1-4-16(26)24-13-7-5-6-12(8-13)23-15-10-21-18-17(25-15)14(9-20-18)19(27)22-11(2)3/h4-11H,1H2,2-3H3,(H,20,21)(H,22,27)(H,23,25)(H,24,26). The van der Waals surface area contributed by atoms with E-state index >= 15 is 0 Å². The zero-order chi connectivity index (χ0) is 19.4. The third-order valence-electron chi connectivity index (χ3n) is 3.63. The van der Waals surface area contributed by atoms with E-state index in [-0.39, 0.29) is 17.9 Å². The van der Waals surface area contributed by atoms with Crippen molar-refractivity contribution in [1.82, 2.24) is 20.3 Å². The average molecular weight is 364 g/mol. The van der Waals surface area contributed by atoms with Gasteiger partial charge in [0.2, 0.25) is 5.91 Å². The molecule has 27 heavy (non-hydrogen) atoms. The molecule has 2 heterocycles. The van der Waals surface area contributed by atoms with E-state index in [2.05, 4.69) is 37.5 Å². The van der Waals surface area contributed by atoms with Crippen molar-refractivity contribution in [3.63, 3.8) is 0 Å². The summed E-state index contributed by atoms with van der Waals surface area (Å²) in [7, 11) is 0. The normalized spacial score (nSPS) is 10.6. The maximum atomic E-state index is 12.3. The summed E-state index contributed by atoms with van der Waals surface area (Å²) in [6, 6.07) is 7.17. The van der Waals surface area contributed by atoms with E-state index in [1.807, 2.05) is 19.9 Å². The molecule has 2 amide bonds. The fourth-order valence-corrected chi connectivity index (χ4v) is 2.48. The number of anilines is 3. The highest BCUT2D eigenvalue weighted by atomic mass is 16.2. The van der Waals surface area contributed by atoms with Gasteiger partial charge in [-0.15, -0.1) is 0 Å². The van der Waals surface area contributed by atoms with Crippen molar-refractivity contribution in [2.45, 2.75) is 19.9 Å². The molecule has 0 bridgehead atoms. The van der Waals surface area contributed by atoms with E-state index in [1.165, 1.54) is 6.08 Å². The number of nitrogens with one attached hydrogen (secondary N) is 4. The van der Waals surface area contributed by atoms with Crippen molar-refractivity contribution in [3.05, 3.63) is 54.9 Å². The van der Waals surface area contributed by atoms with Crippen molar-refractivity contribution < 1.29 is 9.59 Å². The maximum absolute atomic E-state index is 12.3. The summed E-state index contributed by atoms with van der Waals surface area (Å²) in [4.78, 5) is 35.5. The highest BCUT2D eigenvalue weighted by Gasteiger charge is 2.15. The van der Waals surface area contributed by atoms with Gasteiger partial charge >= 0.3 is 0 Å². The van der Waals surface area contributed by atoms with Gasteiger partial charge in [-0.1, -0.05) is 12.6 Å². The monoisotopic (exact) mass is 364 g/mol. The van der Waals surface area contributed by atoms with Crippen LogP contribution in [0.5, 0.6) is 0 Å². The van der Waals surface area contributed by atoms with Gasteiger partial charge in [-0.2, -0.15) is 0 Å². The minimum absolute atomic E-state index is 0.0187. The molecule has 0 fully saturated rings. The second kappa shape index (κ2) is 7.69. The molecule has 0 saturated heterocycles. The van der Waals surface area contributed by atoms with Crippen LogP contribution in [0.2, 0.25) is 0 Å².